The molecule has 0 radical (unpaired) electrons. The fourth-order valence-corrected chi connectivity index (χ4v) is 4.46. The summed E-state index contributed by atoms with van der Waals surface area (Å²) in [6, 6.07) is 20.0. The maximum atomic E-state index is 13.0. The third-order valence-electron chi connectivity index (χ3n) is 6.15. The number of benzene rings is 3. The van der Waals surface area contributed by atoms with Crippen molar-refractivity contribution in [3.8, 4) is 11.5 Å². The van der Waals surface area contributed by atoms with Crippen molar-refractivity contribution in [1.82, 2.24) is 10.2 Å². The Morgan fingerprint density at radius 1 is 0.939 bits per heavy atom. The quantitative estimate of drug-likeness (QED) is 0.499. The monoisotopic (exact) mass is 447 g/mol. The molecule has 4 rings (SSSR count). The van der Waals surface area contributed by atoms with Gasteiger partial charge >= 0.3 is 0 Å². The molecule has 1 amide bonds. The van der Waals surface area contributed by atoms with E-state index in [1.165, 1.54) is 0 Å². The summed E-state index contributed by atoms with van der Waals surface area (Å²) in [6.45, 7) is 8.02. The van der Waals surface area contributed by atoms with Crippen LogP contribution in [-0.2, 0) is 0 Å². The Morgan fingerprint density at radius 3 is 2.48 bits per heavy atom. The maximum Gasteiger partial charge on any atom is 0.255 e. The van der Waals surface area contributed by atoms with Gasteiger partial charge in [0.2, 0.25) is 0 Å². The van der Waals surface area contributed by atoms with Gasteiger partial charge in [-0.1, -0.05) is 42.5 Å². The number of anilines is 1. The number of carbonyl (C=O) groups excluding carboxylic acids is 1. The van der Waals surface area contributed by atoms with Crippen molar-refractivity contribution < 1.29 is 14.3 Å². The second kappa shape index (κ2) is 11.1. The third kappa shape index (κ3) is 5.40. The highest BCUT2D eigenvalue weighted by Gasteiger charge is 2.20. The minimum atomic E-state index is -0.0729. The Bertz CT molecular complexity index is 1080. The first-order valence-corrected chi connectivity index (χ1v) is 11.7. The number of methoxy groups -OCH3 is 1. The zero-order valence-electron chi connectivity index (χ0n) is 19.5. The molecule has 0 spiro atoms. The Labute approximate surface area is 196 Å². The van der Waals surface area contributed by atoms with Gasteiger partial charge < -0.3 is 19.7 Å². The number of amides is 1. The van der Waals surface area contributed by atoms with E-state index in [1.807, 2.05) is 55.5 Å². The van der Waals surface area contributed by atoms with Gasteiger partial charge in [-0.15, -0.1) is 0 Å². The van der Waals surface area contributed by atoms with Gasteiger partial charge in [-0.3, -0.25) is 9.69 Å². The average molecular weight is 448 g/mol. The molecule has 1 saturated heterocycles. The number of para-hydroxylation sites is 2. The topological polar surface area (TPSA) is 54.0 Å². The normalized spacial score (nSPS) is 14.3. The second-order valence-corrected chi connectivity index (χ2v) is 8.20. The molecule has 0 saturated carbocycles. The zero-order chi connectivity index (χ0) is 23.0. The van der Waals surface area contributed by atoms with Gasteiger partial charge in [-0.25, -0.2) is 0 Å². The molecule has 1 heterocycles. The highest BCUT2D eigenvalue weighted by Crippen LogP contribution is 2.29. The lowest BCUT2D eigenvalue weighted by Gasteiger charge is -2.36. The van der Waals surface area contributed by atoms with Crippen LogP contribution in [0.3, 0.4) is 0 Å². The molecule has 0 atom stereocenters. The first-order valence-electron chi connectivity index (χ1n) is 11.7. The van der Waals surface area contributed by atoms with Crippen LogP contribution in [0.15, 0.2) is 60.7 Å². The third-order valence-corrected chi connectivity index (χ3v) is 6.15. The van der Waals surface area contributed by atoms with Crippen molar-refractivity contribution in [2.75, 3.05) is 57.9 Å². The SMILES string of the molecule is CCOc1ccc2ccccc2c1C(=O)NCCCN1CCN(c2ccccc2OC)CC1. The van der Waals surface area contributed by atoms with E-state index in [-0.39, 0.29) is 5.91 Å². The summed E-state index contributed by atoms with van der Waals surface area (Å²) >= 11 is 0. The number of piperazine rings is 1. The first-order chi connectivity index (χ1) is 16.2. The van der Waals surface area contributed by atoms with E-state index >= 15 is 0 Å². The lowest BCUT2D eigenvalue weighted by atomic mass is 10.0. The van der Waals surface area contributed by atoms with Crippen LogP contribution in [0, 0.1) is 0 Å². The van der Waals surface area contributed by atoms with E-state index in [9.17, 15) is 4.79 Å². The molecule has 3 aromatic rings. The molecule has 6 heteroatoms. The van der Waals surface area contributed by atoms with E-state index in [0.29, 0.717) is 24.5 Å². The van der Waals surface area contributed by atoms with Crippen LogP contribution in [0.5, 0.6) is 11.5 Å². The Hall–Kier alpha value is -3.25. The highest BCUT2D eigenvalue weighted by molar-refractivity contribution is 6.09. The van der Waals surface area contributed by atoms with Gasteiger partial charge in [-0.05, 0) is 48.9 Å². The molecule has 0 aromatic heterocycles. The van der Waals surface area contributed by atoms with Crippen molar-refractivity contribution in [1.29, 1.82) is 0 Å². The predicted octanol–water partition coefficient (Wildman–Crippen LogP) is 4.19. The van der Waals surface area contributed by atoms with Crippen molar-refractivity contribution >= 4 is 22.4 Å². The van der Waals surface area contributed by atoms with Crippen molar-refractivity contribution in [2.24, 2.45) is 0 Å². The molecule has 33 heavy (non-hydrogen) atoms. The molecule has 1 aliphatic rings. The molecule has 1 fully saturated rings. The molecule has 0 aliphatic carbocycles. The number of fused-ring (bicyclic) bond motifs is 1. The fraction of sp³-hybridized carbons (Fsp3) is 0.370. The van der Waals surface area contributed by atoms with Crippen LogP contribution in [0.1, 0.15) is 23.7 Å². The van der Waals surface area contributed by atoms with Gasteiger partial charge in [-0.2, -0.15) is 0 Å². The number of hydrogen-bond donors (Lipinski definition) is 1. The summed E-state index contributed by atoms with van der Waals surface area (Å²) in [5.74, 6) is 1.49. The van der Waals surface area contributed by atoms with Crippen LogP contribution >= 0.6 is 0 Å². The Kier molecular flexibility index (Phi) is 7.68. The van der Waals surface area contributed by atoms with Gasteiger partial charge in [0, 0.05) is 32.7 Å². The molecular formula is C27H33N3O3. The first kappa shape index (κ1) is 22.9. The molecule has 174 valence electrons. The molecular weight excluding hydrogens is 414 g/mol. The second-order valence-electron chi connectivity index (χ2n) is 8.20. The van der Waals surface area contributed by atoms with E-state index < -0.39 is 0 Å². The number of ether oxygens (including phenoxy) is 2. The van der Waals surface area contributed by atoms with Gasteiger partial charge in [0.05, 0.1) is 25.0 Å². The van der Waals surface area contributed by atoms with Gasteiger partial charge in [0.15, 0.2) is 0 Å². The largest absolute Gasteiger partial charge is 0.495 e. The summed E-state index contributed by atoms with van der Waals surface area (Å²) in [5, 5.41) is 5.07. The summed E-state index contributed by atoms with van der Waals surface area (Å²) < 4.78 is 11.3. The summed E-state index contributed by atoms with van der Waals surface area (Å²) in [5.41, 5.74) is 1.78. The van der Waals surface area contributed by atoms with Crippen molar-refractivity contribution in [3.63, 3.8) is 0 Å². The fourth-order valence-electron chi connectivity index (χ4n) is 4.46. The molecule has 6 nitrogen and oxygen atoms in total. The van der Waals surface area contributed by atoms with E-state index in [0.717, 1.165) is 61.4 Å². The Balaban J connectivity index is 1.28. The number of rotatable bonds is 9. The van der Waals surface area contributed by atoms with Gasteiger partial charge in [0.1, 0.15) is 11.5 Å². The number of nitrogens with one attached hydrogen (secondary N) is 1. The number of carbonyl (C=O) groups is 1. The van der Waals surface area contributed by atoms with Crippen LogP contribution < -0.4 is 19.7 Å². The summed E-state index contributed by atoms with van der Waals surface area (Å²) in [7, 11) is 1.72. The van der Waals surface area contributed by atoms with E-state index in [1.54, 1.807) is 7.11 Å². The molecule has 1 N–H and O–H groups in total. The molecule has 1 aliphatic heterocycles. The van der Waals surface area contributed by atoms with Crippen LogP contribution in [0.25, 0.3) is 10.8 Å². The molecule has 0 unspecified atom stereocenters. The van der Waals surface area contributed by atoms with E-state index in [4.69, 9.17) is 9.47 Å². The van der Waals surface area contributed by atoms with Gasteiger partial charge in [0.25, 0.3) is 5.91 Å². The van der Waals surface area contributed by atoms with Crippen LogP contribution in [-0.4, -0.2) is 63.8 Å². The lowest BCUT2D eigenvalue weighted by molar-refractivity contribution is 0.0949. The summed E-state index contributed by atoms with van der Waals surface area (Å²) in [6.07, 6.45) is 0.912. The van der Waals surface area contributed by atoms with Crippen LogP contribution in [0.2, 0.25) is 0 Å². The molecule has 0 bridgehead atoms. The smallest absolute Gasteiger partial charge is 0.255 e. The Morgan fingerprint density at radius 2 is 1.70 bits per heavy atom. The minimum Gasteiger partial charge on any atom is -0.495 e. The number of nitrogens with zero attached hydrogens (tertiary/aromatic N) is 2. The minimum absolute atomic E-state index is 0.0729. The highest BCUT2D eigenvalue weighted by atomic mass is 16.5. The molecule has 3 aromatic carbocycles. The number of hydrogen-bond acceptors (Lipinski definition) is 5. The average Bonchev–Trinajstić information content (AvgIpc) is 2.87. The van der Waals surface area contributed by atoms with Crippen LogP contribution in [0.4, 0.5) is 5.69 Å². The lowest BCUT2D eigenvalue weighted by Crippen LogP contribution is -2.47. The summed E-state index contributed by atoms with van der Waals surface area (Å²) in [4.78, 5) is 17.9. The maximum absolute atomic E-state index is 13.0. The van der Waals surface area contributed by atoms with Crippen molar-refractivity contribution in [3.05, 3.63) is 66.2 Å². The van der Waals surface area contributed by atoms with E-state index in [2.05, 4.69) is 27.2 Å². The standard InChI is InChI=1S/C27H33N3O3/c1-3-33-25-14-13-21-9-4-5-10-22(21)26(25)27(31)28-15-8-16-29-17-19-30(20-18-29)23-11-6-7-12-24(23)32-2/h4-7,9-14H,3,8,15-20H2,1-2H3,(H,28,31). The van der Waals surface area contributed by atoms with Crippen molar-refractivity contribution in [2.45, 2.75) is 13.3 Å². The predicted molar refractivity (Wildman–Crippen MR) is 134 cm³/mol. The zero-order valence-corrected chi connectivity index (χ0v) is 19.5.